The molecule has 0 bridgehead atoms. The van der Waals surface area contributed by atoms with E-state index in [1.807, 2.05) is 72.8 Å². The molecule has 0 fully saturated rings. The van der Waals surface area contributed by atoms with Crippen LogP contribution in [-0.2, 0) is 5.60 Å². The van der Waals surface area contributed by atoms with E-state index in [9.17, 15) is 10.2 Å². The topological polar surface area (TPSA) is 40.5 Å². The lowest BCUT2D eigenvalue weighted by atomic mass is 9.91. The first kappa shape index (κ1) is 13.5. The second-order valence-electron chi connectivity index (χ2n) is 4.57. The summed E-state index contributed by atoms with van der Waals surface area (Å²) in [4.78, 5) is 0. The average Bonchev–Trinajstić information content (AvgIpc) is 2.49. The molecule has 2 rings (SSSR count). The summed E-state index contributed by atoms with van der Waals surface area (Å²) in [6.45, 7) is -0.295. The summed E-state index contributed by atoms with van der Waals surface area (Å²) >= 11 is 0. The highest BCUT2D eigenvalue weighted by molar-refractivity contribution is 5.49. The molecule has 0 radical (unpaired) electrons. The smallest absolute Gasteiger partial charge is 0.116 e. The van der Waals surface area contributed by atoms with Gasteiger partial charge in [0.1, 0.15) is 5.60 Å². The van der Waals surface area contributed by atoms with Crippen LogP contribution < -0.4 is 0 Å². The molecule has 0 saturated heterocycles. The fourth-order valence-corrected chi connectivity index (χ4v) is 1.98. The normalized spacial score (nSPS) is 14.4. The number of benzene rings is 2. The van der Waals surface area contributed by atoms with Crippen LogP contribution in [0.3, 0.4) is 0 Å². The Balaban J connectivity index is 2.10. The fraction of sp³-hybridized carbons (Fsp3) is 0.176. The minimum Gasteiger partial charge on any atom is -0.393 e. The van der Waals surface area contributed by atoms with Gasteiger partial charge in [0.25, 0.3) is 0 Å². The van der Waals surface area contributed by atoms with Gasteiger partial charge in [0, 0.05) is 6.42 Å². The van der Waals surface area contributed by atoms with Crippen LogP contribution in [0.15, 0.2) is 66.7 Å². The minimum atomic E-state index is -1.22. The van der Waals surface area contributed by atoms with Gasteiger partial charge in [-0.15, -0.1) is 0 Å². The zero-order chi connectivity index (χ0) is 13.6. The highest BCUT2D eigenvalue weighted by atomic mass is 16.3. The van der Waals surface area contributed by atoms with Crippen LogP contribution in [0, 0.1) is 0 Å². The van der Waals surface area contributed by atoms with Crippen LogP contribution in [0.2, 0.25) is 0 Å². The van der Waals surface area contributed by atoms with Gasteiger partial charge in [0.2, 0.25) is 0 Å². The van der Waals surface area contributed by atoms with E-state index < -0.39 is 5.60 Å². The van der Waals surface area contributed by atoms with E-state index >= 15 is 0 Å². The lowest BCUT2D eigenvalue weighted by Gasteiger charge is -2.24. The van der Waals surface area contributed by atoms with Gasteiger partial charge in [-0.05, 0) is 11.1 Å². The van der Waals surface area contributed by atoms with Crippen molar-refractivity contribution in [3.8, 4) is 0 Å². The molecule has 0 spiro atoms. The number of rotatable bonds is 5. The van der Waals surface area contributed by atoms with Crippen molar-refractivity contribution >= 4 is 6.08 Å². The van der Waals surface area contributed by atoms with Crippen molar-refractivity contribution in [2.75, 3.05) is 6.61 Å². The molecule has 98 valence electrons. The quantitative estimate of drug-likeness (QED) is 0.861. The van der Waals surface area contributed by atoms with E-state index in [0.717, 1.165) is 11.1 Å². The molecule has 0 saturated carbocycles. The molecular weight excluding hydrogens is 236 g/mol. The van der Waals surface area contributed by atoms with Crippen LogP contribution in [-0.4, -0.2) is 16.8 Å². The van der Waals surface area contributed by atoms with Crippen molar-refractivity contribution < 1.29 is 10.2 Å². The Morgan fingerprint density at radius 2 is 1.47 bits per heavy atom. The Morgan fingerprint density at radius 3 is 2.05 bits per heavy atom. The molecule has 2 aromatic rings. The number of hydrogen-bond donors (Lipinski definition) is 2. The summed E-state index contributed by atoms with van der Waals surface area (Å²) in [6.07, 6.45) is 4.21. The molecule has 0 aromatic heterocycles. The molecule has 1 unspecified atom stereocenters. The third kappa shape index (κ3) is 3.53. The van der Waals surface area contributed by atoms with Crippen molar-refractivity contribution in [1.29, 1.82) is 0 Å². The molecule has 0 aliphatic carbocycles. The zero-order valence-electron chi connectivity index (χ0n) is 10.7. The molecule has 0 amide bonds. The maximum absolute atomic E-state index is 10.5. The second-order valence-corrected chi connectivity index (χ2v) is 4.57. The number of aliphatic hydroxyl groups excluding tert-OH is 1. The Hall–Kier alpha value is -1.90. The average molecular weight is 254 g/mol. The Labute approximate surface area is 113 Å². The lowest BCUT2D eigenvalue weighted by molar-refractivity contribution is -0.0163. The first-order valence-electron chi connectivity index (χ1n) is 6.35. The van der Waals surface area contributed by atoms with E-state index in [2.05, 4.69) is 0 Å². The van der Waals surface area contributed by atoms with Gasteiger partial charge in [0.15, 0.2) is 0 Å². The van der Waals surface area contributed by atoms with Crippen LogP contribution in [0.5, 0.6) is 0 Å². The standard InChI is InChI=1S/C17H18O2/c18-14-17(19,16-11-5-2-6-12-16)13-7-10-15-8-3-1-4-9-15/h1-12,18-19H,13-14H2/b10-7+. The summed E-state index contributed by atoms with van der Waals surface area (Å²) in [6, 6.07) is 19.2. The molecule has 2 aromatic carbocycles. The summed E-state index contributed by atoms with van der Waals surface area (Å²) in [7, 11) is 0. The number of aliphatic hydroxyl groups is 2. The molecule has 1 atom stereocenters. The predicted molar refractivity (Wildman–Crippen MR) is 77.5 cm³/mol. The van der Waals surface area contributed by atoms with Gasteiger partial charge < -0.3 is 10.2 Å². The Kier molecular flexibility index (Phi) is 4.50. The lowest BCUT2D eigenvalue weighted by Crippen LogP contribution is -2.29. The van der Waals surface area contributed by atoms with E-state index in [4.69, 9.17) is 0 Å². The first-order valence-corrected chi connectivity index (χ1v) is 6.35. The molecule has 0 aliphatic rings. The van der Waals surface area contributed by atoms with Gasteiger partial charge in [-0.1, -0.05) is 72.8 Å². The fourth-order valence-electron chi connectivity index (χ4n) is 1.98. The third-order valence-electron chi connectivity index (χ3n) is 3.14. The highest BCUT2D eigenvalue weighted by Crippen LogP contribution is 2.25. The largest absolute Gasteiger partial charge is 0.393 e. The molecule has 0 aliphatic heterocycles. The maximum Gasteiger partial charge on any atom is 0.116 e. The molecule has 19 heavy (non-hydrogen) atoms. The summed E-state index contributed by atoms with van der Waals surface area (Å²) in [5.74, 6) is 0. The monoisotopic (exact) mass is 254 g/mol. The molecule has 2 nitrogen and oxygen atoms in total. The Bertz CT molecular complexity index is 519. The second kappa shape index (κ2) is 6.32. The van der Waals surface area contributed by atoms with E-state index in [1.54, 1.807) is 0 Å². The zero-order valence-corrected chi connectivity index (χ0v) is 10.7. The molecule has 2 N–H and O–H groups in total. The van der Waals surface area contributed by atoms with Gasteiger partial charge in [-0.25, -0.2) is 0 Å². The number of hydrogen-bond acceptors (Lipinski definition) is 2. The van der Waals surface area contributed by atoms with Gasteiger partial charge in [-0.3, -0.25) is 0 Å². The van der Waals surface area contributed by atoms with Crippen LogP contribution in [0.1, 0.15) is 17.5 Å². The van der Waals surface area contributed by atoms with Gasteiger partial charge >= 0.3 is 0 Å². The van der Waals surface area contributed by atoms with Crippen LogP contribution in [0.25, 0.3) is 6.08 Å². The summed E-state index contributed by atoms with van der Waals surface area (Å²) in [5.41, 5.74) is 0.595. The van der Waals surface area contributed by atoms with E-state index in [-0.39, 0.29) is 6.61 Å². The Morgan fingerprint density at radius 1 is 0.895 bits per heavy atom. The summed E-state index contributed by atoms with van der Waals surface area (Å²) in [5, 5.41) is 19.9. The summed E-state index contributed by atoms with van der Waals surface area (Å²) < 4.78 is 0. The SMILES string of the molecule is OCC(O)(C/C=C/c1ccccc1)c1ccccc1. The highest BCUT2D eigenvalue weighted by Gasteiger charge is 2.26. The molecule has 2 heteroatoms. The van der Waals surface area contributed by atoms with Crippen molar-refractivity contribution in [3.63, 3.8) is 0 Å². The van der Waals surface area contributed by atoms with Crippen molar-refractivity contribution in [1.82, 2.24) is 0 Å². The maximum atomic E-state index is 10.5. The van der Waals surface area contributed by atoms with Gasteiger partial charge in [-0.2, -0.15) is 0 Å². The van der Waals surface area contributed by atoms with Gasteiger partial charge in [0.05, 0.1) is 6.61 Å². The van der Waals surface area contributed by atoms with E-state index in [1.165, 1.54) is 0 Å². The van der Waals surface area contributed by atoms with Crippen LogP contribution >= 0.6 is 0 Å². The van der Waals surface area contributed by atoms with E-state index in [0.29, 0.717) is 6.42 Å². The first-order chi connectivity index (χ1) is 9.24. The van der Waals surface area contributed by atoms with Crippen molar-refractivity contribution in [2.45, 2.75) is 12.0 Å². The molecule has 0 heterocycles. The predicted octanol–water partition coefficient (Wildman–Crippen LogP) is 2.97. The van der Waals surface area contributed by atoms with Crippen molar-refractivity contribution in [2.24, 2.45) is 0 Å². The van der Waals surface area contributed by atoms with Crippen molar-refractivity contribution in [3.05, 3.63) is 77.9 Å². The molecular formula is C17H18O2. The third-order valence-corrected chi connectivity index (χ3v) is 3.14. The van der Waals surface area contributed by atoms with Crippen LogP contribution in [0.4, 0.5) is 0 Å². The minimum absolute atomic E-state index is 0.295.